The number of nitrogens with zero attached hydrogens (tertiary/aromatic N) is 1. The van der Waals surface area contributed by atoms with E-state index in [4.69, 9.17) is 5.73 Å². The van der Waals surface area contributed by atoms with Crippen LogP contribution in [0.1, 0.15) is 24.8 Å². The van der Waals surface area contributed by atoms with Gasteiger partial charge >= 0.3 is 0 Å². The van der Waals surface area contributed by atoms with Crippen molar-refractivity contribution in [2.45, 2.75) is 31.8 Å². The van der Waals surface area contributed by atoms with Gasteiger partial charge in [-0.15, -0.1) is 0 Å². The standard InChI is InChI=1S/C12H17BrN2/c1-15(10-3-2-4-10)12-6-5-9(8-14)7-11(12)13/h5-7,10H,2-4,8,14H2,1H3. The average molecular weight is 269 g/mol. The summed E-state index contributed by atoms with van der Waals surface area (Å²) in [5.41, 5.74) is 8.06. The molecule has 1 fully saturated rings. The van der Waals surface area contributed by atoms with Crippen LogP contribution in [0, 0.1) is 0 Å². The fraction of sp³-hybridized carbons (Fsp3) is 0.500. The lowest BCUT2D eigenvalue weighted by Gasteiger charge is -2.37. The molecule has 0 atom stereocenters. The highest BCUT2D eigenvalue weighted by molar-refractivity contribution is 9.10. The van der Waals surface area contributed by atoms with Gasteiger partial charge in [-0.25, -0.2) is 0 Å². The highest BCUT2D eigenvalue weighted by Crippen LogP contribution is 2.33. The largest absolute Gasteiger partial charge is 0.371 e. The first kappa shape index (κ1) is 11.0. The van der Waals surface area contributed by atoms with Gasteiger partial charge in [0, 0.05) is 24.1 Å². The Hall–Kier alpha value is -0.540. The molecule has 0 heterocycles. The predicted octanol–water partition coefficient (Wildman–Crippen LogP) is 2.90. The molecule has 1 aliphatic carbocycles. The lowest BCUT2D eigenvalue weighted by Crippen LogP contribution is -2.37. The monoisotopic (exact) mass is 268 g/mol. The summed E-state index contributed by atoms with van der Waals surface area (Å²) in [7, 11) is 2.17. The Labute approximate surface area is 99.6 Å². The van der Waals surface area contributed by atoms with Gasteiger partial charge in [0.25, 0.3) is 0 Å². The van der Waals surface area contributed by atoms with Crippen molar-refractivity contribution in [3.05, 3.63) is 28.2 Å². The zero-order valence-corrected chi connectivity index (χ0v) is 10.6. The van der Waals surface area contributed by atoms with Crippen LogP contribution in [0.15, 0.2) is 22.7 Å². The Morgan fingerprint density at radius 3 is 2.67 bits per heavy atom. The van der Waals surface area contributed by atoms with Crippen molar-refractivity contribution in [1.29, 1.82) is 0 Å². The molecule has 0 aliphatic heterocycles. The number of rotatable bonds is 3. The first-order valence-electron chi connectivity index (χ1n) is 5.43. The maximum atomic E-state index is 5.61. The number of benzene rings is 1. The summed E-state index contributed by atoms with van der Waals surface area (Å²) in [4.78, 5) is 2.37. The van der Waals surface area contributed by atoms with Gasteiger partial charge in [-0.2, -0.15) is 0 Å². The van der Waals surface area contributed by atoms with Crippen LogP contribution < -0.4 is 10.6 Å². The molecule has 82 valence electrons. The van der Waals surface area contributed by atoms with Gasteiger partial charge in [-0.3, -0.25) is 0 Å². The van der Waals surface area contributed by atoms with Crippen LogP contribution in [0.5, 0.6) is 0 Å². The second kappa shape index (κ2) is 4.54. The quantitative estimate of drug-likeness (QED) is 0.914. The highest BCUT2D eigenvalue weighted by atomic mass is 79.9. The van der Waals surface area contributed by atoms with Gasteiger partial charge in [-0.05, 0) is 52.9 Å². The molecular weight excluding hydrogens is 252 g/mol. The van der Waals surface area contributed by atoms with Crippen LogP contribution in [0.4, 0.5) is 5.69 Å². The minimum atomic E-state index is 0.603. The van der Waals surface area contributed by atoms with E-state index in [0.717, 1.165) is 10.5 Å². The summed E-state index contributed by atoms with van der Waals surface area (Å²) in [6, 6.07) is 7.11. The lowest BCUT2D eigenvalue weighted by atomic mass is 9.91. The fourth-order valence-electron chi connectivity index (χ4n) is 1.93. The third kappa shape index (κ3) is 2.18. The van der Waals surface area contributed by atoms with E-state index in [1.165, 1.54) is 30.5 Å². The molecule has 2 rings (SSSR count). The van der Waals surface area contributed by atoms with E-state index < -0.39 is 0 Å². The van der Waals surface area contributed by atoms with Crippen LogP contribution in [-0.2, 0) is 6.54 Å². The second-order valence-corrected chi connectivity index (χ2v) is 5.04. The summed E-state index contributed by atoms with van der Waals surface area (Å²) in [6.07, 6.45) is 4.01. The maximum Gasteiger partial charge on any atom is 0.0510 e. The van der Waals surface area contributed by atoms with E-state index in [-0.39, 0.29) is 0 Å². The molecule has 0 aromatic heterocycles. The van der Waals surface area contributed by atoms with Gasteiger partial charge in [-0.1, -0.05) is 6.07 Å². The van der Waals surface area contributed by atoms with Gasteiger partial charge in [0.1, 0.15) is 0 Å². The predicted molar refractivity (Wildman–Crippen MR) is 68.1 cm³/mol. The minimum Gasteiger partial charge on any atom is -0.371 e. The normalized spacial score (nSPS) is 16.2. The molecule has 15 heavy (non-hydrogen) atoms. The summed E-state index contributed by atoms with van der Waals surface area (Å²) < 4.78 is 1.15. The lowest BCUT2D eigenvalue weighted by molar-refractivity contribution is 0.401. The average Bonchev–Trinajstić information content (AvgIpc) is 2.14. The number of hydrogen-bond donors (Lipinski definition) is 1. The van der Waals surface area contributed by atoms with E-state index in [2.05, 4.69) is 46.1 Å². The summed E-state index contributed by atoms with van der Waals surface area (Å²) in [6.45, 7) is 0.603. The van der Waals surface area contributed by atoms with E-state index >= 15 is 0 Å². The third-order valence-corrected chi connectivity index (χ3v) is 3.89. The molecule has 0 saturated heterocycles. The molecular formula is C12H17BrN2. The number of anilines is 1. The Morgan fingerprint density at radius 2 is 2.20 bits per heavy atom. The minimum absolute atomic E-state index is 0.603. The van der Waals surface area contributed by atoms with E-state index in [0.29, 0.717) is 6.54 Å². The van der Waals surface area contributed by atoms with Crippen molar-refractivity contribution in [3.63, 3.8) is 0 Å². The molecule has 0 unspecified atom stereocenters. The zero-order chi connectivity index (χ0) is 10.8. The van der Waals surface area contributed by atoms with Gasteiger partial charge < -0.3 is 10.6 Å². The van der Waals surface area contributed by atoms with Crippen molar-refractivity contribution in [1.82, 2.24) is 0 Å². The zero-order valence-electron chi connectivity index (χ0n) is 9.04. The summed E-state index contributed by atoms with van der Waals surface area (Å²) in [5, 5.41) is 0. The van der Waals surface area contributed by atoms with Crippen molar-refractivity contribution >= 4 is 21.6 Å². The van der Waals surface area contributed by atoms with Crippen LogP contribution in [-0.4, -0.2) is 13.1 Å². The Kier molecular flexibility index (Phi) is 3.32. The molecule has 0 bridgehead atoms. The van der Waals surface area contributed by atoms with Crippen LogP contribution in [0.25, 0.3) is 0 Å². The van der Waals surface area contributed by atoms with Gasteiger partial charge in [0.2, 0.25) is 0 Å². The van der Waals surface area contributed by atoms with E-state index in [1.54, 1.807) is 0 Å². The molecule has 1 aromatic rings. The highest BCUT2D eigenvalue weighted by Gasteiger charge is 2.23. The smallest absolute Gasteiger partial charge is 0.0510 e. The van der Waals surface area contributed by atoms with Crippen LogP contribution >= 0.6 is 15.9 Å². The molecule has 1 saturated carbocycles. The Balaban J connectivity index is 2.19. The first-order valence-corrected chi connectivity index (χ1v) is 6.23. The molecule has 2 N–H and O–H groups in total. The third-order valence-electron chi connectivity index (χ3n) is 3.25. The van der Waals surface area contributed by atoms with E-state index in [9.17, 15) is 0 Å². The SMILES string of the molecule is CN(c1ccc(CN)cc1Br)C1CCC1. The summed E-state index contributed by atoms with van der Waals surface area (Å²) in [5.74, 6) is 0. The van der Waals surface area contributed by atoms with Gasteiger partial charge in [0.05, 0.1) is 5.69 Å². The van der Waals surface area contributed by atoms with Crippen LogP contribution in [0.2, 0.25) is 0 Å². The molecule has 3 heteroatoms. The van der Waals surface area contributed by atoms with E-state index in [1.807, 2.05) is 0 Å². The number of nitrogens with two attached hydrogens (primary N) is 1. The molecule has 0 spiro atoms. The second-order valence-electron chi connectivity index (χ2n) is 4.19. The first-order chi connectivity index (χ1) is 7.22. The topological polar surface area (TPSA) is 29.3 Å². The Bertz CT molecular complexity index is 347. The van der Waals surface area contributed by atoms with Crippen LogP contribution in [0.3, 0.4) is 0 Å². The number of hydrogen-bond acceptors (Lipinski definition) is 2. The number of halogens is 1. The molecule has 1 aromatic carbocycles. The fourth-order valence-corrected chi connectivity index (χ4v) is 2.64. The van der Waals surface area contributed by atoms with Crippen molar-refractivity contribution in [2.24, 2.45) is 5.73 Å². The molecule has 2 nitrogen and oxygen atoms in total. The molecule has 1 aliphatic rings. The molecule has 0 radical (unpaired) electrons. The Morgan fingerprint density at radius 1 is 1.47 bits per heavy atom. The maximum absolute atomic E-state index is 5.61. The van der Waals surface area contributed by atoms with Crippen molar-refractivity contribution in [3.8, 4) is 0 Å². The van der Waals surface area contributed by atoms with Crippen molar-refractivity contribution < 1.29 is 0 Å². The summed E-state index contributed by atoms with van der Waals surface area (Å²) >= 11 is 3.61. The van der Waals surface area contributed by atoms with Crippen molar-refractivity contribution in [2.75, 3.05) is 11.9 Å². The molecule has 0 amide bonds. The van der Waals surface area contributed by atoms with Gasteiger partial charge in [0.15, 0.2) is 0 Å².